The third-order valence-corrected chi connectivity index (χ3v) is 5.85. The van der Waals surface area contributed by atoms with Crippen molar-refractivity contribution in [1.29, 1.82) is 0 Å². The van der Waals surface area contributed by atoms with Gasteiger partial charge in [0.1, 0.15) is 0 Å². The molecule has 0 aromatic rings. The van der Waals surface area contributed by atoms with Gasteiger partial charge < -0.3 is 10.6 Å². The zero-order valence-corrected chi connectivity index (χ0v) is 13.4. The van der Waals surface area contributed by atoms with E-state index >= 15 is 0 Å². The first-order valence-corrected chi connectivity index (χ1v) is 8.23. The van der Waals surface area contributed by atoms with Gasteiger partial charge in [-0.15, -0.1) is 12.4 Å². The van der Waals surface area contributed by atoms with Crippen LogP contribution >= 0.6 is 12.4 Å². The van der Waals surface area contributed by atoms with Gasteiger partial charge >= 0.3 is 0 Å². The van der Waals surface area contributed by atoms with Crippen LogP contribution in [0.1, 0.15) is 58.3 Å². The highest BCUT2D eigenvalue weighted by molar-refractivity contribution is 5.85. The summed E-state index contributed by atoms with van der Waals surface area (Å²) in [6.45, 7) is 3.20. The van der Waals surface area contributed by atoms with Gasteiger partial charge in [0.15, 0.2) is 0 Å². The zero-order valence-electron chi connectivity index (χ0n) is 12.6. The molecule has 1 amide bonds. The first kappa shape index (κ1) is 16.1. The van der Waals surface area contributed by atoms with Crippen molar-refractivity contribution in [3.8, 4) is 0 Å². The Balaban J connectivity index is 0.00000147. The first-order valence-electron chi connectivity index (χ1n) is 8.23. The number of hydrogen-bond acceptors (Lipinski definition) is 2. The highest BCUT2D eigenvalue weighted by Gasteiger charge is 2.42. The van der Waals surface area contributed by atoms with Crippen LogP contribution in [0.2, 0.25) is 0 Å². The van der Waals surface area contributed by atoms with Crippen LogP contribution in [0.5, 0.6) is 0 Å². The Bertz CT molecular complexity index is 335. The fourth-order valence-electron chi connectivity index (χ4n) is 4.65. The number of hydrogen-bond donors (Lipinski definition) is 1. The summed E-state index contributed by atoms with van der Waals surface area (Å²) in [5.41, 5.74) is 6.33. The number of likely N-dealkylation sites (tertiary alicyclic amines) is 1. The monoisotopic (exact) mass is 300 g/mol. The fraction of sp³-hybridized carbons (Fsp3) is 0.938. The van der Waals surface area contributed by atoms with Gasteiger partial charge in [-0.25, -0.2) is 0 Å². The molecule has 1 heterocycles. The van der Waals surface area contributed by atoms with Crippen LogP contribution in [0.3, 0.4) is 0 Å². The smallest absolute Gasteiger partial charge is 0.225 e. The molecule has 2 saturated carbocycles. The minimum atomic E-state index is 0. The molecule has 3 unspecified atom stereocenters. The molecule has 4 heteroatoms. The number of halogens is 1. The quantitative estimate of drug-likeness (QED) is 0.809. The van der Waals surface area contributed by atoms with Crippen LogP contribution in [-0.2, 0) is 4.79 Å². The molecule has 1 aliphatic heterocycles. The number of nitrogens with zero attached hydrogens (tertiary/aromatic N) is 1. The number of carbonyl (C=O) groups is 1. The molecule has 3 nitrogen and oxygen atoms in total. The van der Waals surface area contributed by atoms with Crippen molar-refractivity contribution in [2.75, 3.05) is 6.54 Å². The predicted octanol–water partition coefficient (Wildman–Crippen LogP) is 2.96. The number of piperidine rings is 1. The SMILES string of the molecule is CC1CCCCN1C(=O)C1CC2CCCC(C1)C2N.Cl. The second kappa shape index (κ2) is 6.65. The normalized spacial score (nSPS) is 40.9. The van der Waals surface area contributed by atoms with Gasteiger partial charge in [-0.1, -0.05) is 6.42 Å². The van der Waals surface area contributed by atoms with Crippen molar-refractivity contribution in [3.05, 3.63) is 0 Å². The van der Waals surface area contributed by atoms with Gasteiger partial charge in [0.25, 0.3) is 0 Å². The molecule has 2 aliphatic carbocycles. The fourth-order valence-corrected chi connectivity index (χ4v) is 4.65. The predicted molar refractivity (Wildman–Crippen MR) is 83.8 cm³/mol. The first-order chi connectivity index (χ1) is 9.16. The van der Waals surface area contributed by atoms with Crippen LogP contribution < -0.4 is 5.73 Å². The highest BCUT2D eigenvalue weighted by atomic mass is 35.5. The van der Waals surface area contributed by atoms with E-state index in [1.54, 1.807) is 0 Å². The minimum Gasteiger partial charge on any atom is -0.340 e. The standard InChI is InChI=1S/C16H28N2O.ClH/c1-11-5-2-3-8-18(11)16(19)14-9-12-6-4-7-13(10-14)15(12)17;/h11-15H,2-10,17H2,1H3;1H. The maximum atomic E-state index is 12.8. The molecular formula is C16H29ClN2O. The molecule has 20 heavy (non-hydrogen) atoms. The topological polar surface area (TPSA) is 46.3 Å². The summed E-state index contributed by atoms with van der Waals surface area (Å²) in [6, 6.07) is 0.827. The Kier molecular flexibility index (Phi) is 5.36. The Labute approximate surface area is 129 Å². The molecule has 1 saturated heterocycles. The van der Waals surface area contributed by atoms with Crippen molar-refractivity contribution in [3.63, 3.8) is 0 Å². The van der Waals surface area contributed by atoms with E-state index in [2.05, 4.69) is 11.8 Å². The number of rotatable bonds is 1. The van der Waals surface area contributed by atoms with E-state index in [-0.39, 0.29) is 18.3 Å². The van der Waals surface area contributed by atoms with E-state index in [1.807, 2.05) is 0 Å². The maximum Gasteiger partial charge on any atom is 0.225 e. The second-order valence-corrected chi connectivity index (χ2v) is 7.07. The lowest BCUT2D eigenvalue weighted by Gasteiger charge is -2.45. The molecule has 3 atom stereocenters. The molecular weight excluding hydrogens is 272 g/mol. The molecule has 3 rings (SSSR count). The summed E-state index contributed by atoms with van der Waals surface area (Å²) in [5, 5.41) is 0. The van der Waals surface area contributed by atoms with Crippen molar-refractivity contribution in [2.24, 2.45) is 23.5 Å². The molecule has 0 radical (unpaired) electrons. The van der Waals surface area contributed by atoms with E-state index in [1.165, 1.54) is 38.5 Å². The molecule has 3 aliphatic rings. The number of amides is 1. The third-order valence-electron chi connectivity index (χ3n) is 5.85. The Morgan fingerprint density at radius 3 is 2.30 bits per heavy atom. The summed E-state index contributed by atoms with van der Waals surface area (Å²) < 4.78 is 0. The van der Waals surface area contributed by atoms with Gasteiger partial charge in [-0.3, -0.25) is 4.79 Å². The lowest BCUT2D eigenvalue weighted by Crippen LogP contribution is -2.51. The average molecular weight is 301 g/mol. The molecule has 116 valence electrons. The van der Waals surface area contributed by atoms with E-state index in [9.17, 15) is 4.79 Å². The molecule has 3 fully saturated rings. The van der Waals surface area contributed by atoms with Crippen LogP contribution in [0.25, 0.3) is 0 Å². The summed E-state index contributed by atoms with van der Waals surface area (Å²) in [4.78, 5) is 15.0. The van der Waals surface area contributed by atoms with E-state index in [0.29, 0.717) is 29.8 Å². The largest absolute Gasteiger partial charge is 0.340 e. The van der Waals surface area contributed by atoms with Gasteiger partial charge in [-0.2, -0.15) is 0 Å². The third kappa shape index (κ3) is 2.99. The van der Waals surface area contributed by atoms with E-state index in [4.69, 9.17) is 5.73 Å². The highest BCUT2D eigenvalue weighted by Crippen LogP contribution is 2.42. The number of carbonyl (C=O) groups excluding carboxylic acids is 1. The van der Waals surface area contributed by atoms with Crippen molar-refractivity contribution < 1.29 is 4.79 Å². The summed E-state index contributed by atoms with van der Waals surface area (Å²) in [6.07, 6.45) is 9.59. The summed E-state index contributed by atoms with van der Waals surface area (Å²) in [5.74, 6) is 1.94. The number of nitrogens with two attached hydrogens (primary N) is 1. The molecule has 0 aromatic carbocycles. The van der Waals surface area contributed by atoms with Crippen molar-refractivity contribution in [2.45, 2.75) is 70.4 Å². The number of fused-ring (bicyclic) bond motifs is 2. The average Bonchev–Trinajstić information content (AvgIpc) is 2.38. The van der Waals surface area contributed by atoms with Crippen LogP contribution in [0.15, 0.2) is 0 Å². The van der Waals surface area contributed by atoms with Crippen LogP contribution in [-0.4, -0.2) is 29.4 Å². The van der Waals surface area contributed by atoms with Crippen LogP contribution in [0, 0.1) is 17.8 Å². The molecule has 2 N–H and O–H groups in total. The van der Waals surface area contributed by atoms with E-state index in [0.717, 1.165) is 19.4 Å². The minimum absolute atomic E-state index is 0. The van der Waals surface area contributed by atoms with Crippen molar-refractivity contribution in [1.82, 2.24) is 4.90 Å². The Hall–Kier alpha value is -0.280. The lowest BCUT2D eigenvalue weighted by molar-refractivity contribution is -0.142. The zero-order chi connectivity index (χ0) is 13.4. The van der Waals surface area contributed by atoms with Gasteiger partial charge in [-0.05, 0) is 63.7 Å². The summed E-state index contributed by atoms with van der Waals surface area (Å²) >= 11 is 0. The Morgan fingerprint density at radius 2 is 1.70 bits per heavy atom. The lowest BCUT2D eigenvalue weighted by atomic mass is 9.65. The maximum absolute atomic E-state index is 12.8. The molecule has 0 spiro atoms. The Morgan fingerprint density at radius 1 is 1.05 bits per heavy atom. The van der Waals surface area contributed by atoms with Crippen molar-refractivity contribution >= 4 is 18.3 Å². The van der Waals surface area contributed by atoms with Gasteiger partial charge in [0, 0.05) is 24.5 Å². The summed E-state index contributed by atoms with van der Waals surface area (Å²) in [7, 11) is 0. The second-order valence-electron chi connectivity index (χ2n) is 7.07. The van der Waals surface area contributed by atoms with E-state index < -0.39 is 0 Å². The van der Waals surface area contributed by atoms with Gasteiger partial charge in [0.05, 0.1) is 0 Å². The molecule has 2 bridgehead atoms. The van der Waals surface area contributed by atoms with Crippen LogP contribution in [0.4, 0.5) is 0 Å². The van der Waals surface area contributed by atoms with Gasteiger partial charge in [0.2, 0.25) is 5.91 Å². The molecule has 0 aromatic heterocycles.